The van der Waals surface area contributed by atoms with Gasteiger partial charge in [0.1, 0.15) is 17.6 Å². The molecule has 4 saturated heterocycles. The van der Waals surface area contributed by atoms with Crippen LogP contribution in [0.5, 0.6) is 5.75 Å². The number of rotatable bonds is 16. The standard InChI is InChI=1S/C51H79NO12.Na/c1-12-35(47(56)57)39-21-20-29(5)44(61-39)33(9)42(53)32(8)43(54)36(13-2)45-30(6)28-31(7)50(62-45)25-22-40(52-46(55)37-18-16-17-19-38(37)59-15-4)51(64-50)27-26-48(11,63-51)41-23-24-49(58,14-3)34(10)60-41;/h16-19,22,25,29-36,39-42,44-45,53,58H,12-15,20-21,23-24,26-28H2,1-11H3,(H,52,55)(H,56,57);/q;+1/p-1/t29-,30-,31+,32-,33-,34-,35+,36-,39+,40-,41+,42+,44+,45-,48-,49+,50-,51-;/m0./s1. The Morgan fingerprint density at radius 2 is 1.60 bits per heavy atom. The summed E-state index contributed by atoms with van der Waals surface area (Å²) in [6.07, 6.45) is 6.03. The van der Waals surface area contributed by atoms with E-state index in [0.29, 0.717) is 75.7 Å². The van der Waals surface area contributed by atoms with E-state index in [-0.39, 0.29) is 65.1 Å². The minimum Gasteiger partial charge on any atom is -0.550 e. The molecule has 360 valence electrons. The van der Waals surface area contributed by atoms with Gasteiger partial charge in [0, 0.05) is 42.0 Å². The van der Waals surface area contributed by atoms with E-state index in [2.05, 4.69) is 26.1 Å². The summed E-state index contributed by atoms with van der Waals surface area (Å²) >= 11 is 0. The van der Waals surface area contributed by atoms with Gasteiger partial charge in [0.15, 0.2) is 11.6 Å². The molecule has 5 aliphatic rings. The zero-order chi connectivity index (χ0) is 46.9. The van der Waals surface area contributed by atoms with Crippen LogP contribution < -0.4 is 44.7 Å². The molecule has 6 rings (SSSR count). The number of para-hydroxylation sites is 1. The molecule has 3 N–H and O–H groups in total. The molecule has 18 atom stereocenters. The van der Waals surface area contributed by atoms with Gasteiger partial charge in [0.25, 0.3) is 5.91 Å². The van der Waals surface area contributed by atoms with Gasteiger partial charge in [-0.15, -0.1) is 0 Å². The van der Waals surface area contributed by atoms with Crippen LogP contribution in [-0.4, -0.2) is 99.9 Å². The Labute approximate surface area is 410 Å². The Balaban J connectivity index is 0.00000793. The number of nitrogens with one attached hydrogen (secondary N) is 1. The maximum atomic E-state index is 14.7. The number of carbonyl (C=O) groups excluding carboxylic acids is 3. The summed E-state index contributed by atoms with van der Waals surface area (Å²) in [6.45, 7) is 21.8. The number of carboxylic acid groups (broad SMARTS) is 1. The summed E-state index contributed by atoms with van der Waals surface area (Å²) in [4.78, 5) is 40.8. The molecule has 13 nitrogen and oxygen atoms in total. The van der Waals surface area contributed by atoms with Crippen LogP contribution in [-0.2, 0) is 33.3 Å². The predicted molar refractivity (Wildman–Crippen MR) is 239 cm³/mol. The predicted octanol–water partition coefficient (Wildman–Crippen LogP) is 3.69. The molecule has 5 aliphatic heterocycles. The van der Waals surface area contributed by atoms with E-state index in [9.17, 15) is 29.7 Å². The van der Waals surface area contributed by atoms with Crippen LogP contribution in [0.1, 0.15) is 151 Å². The van der Waals surface area contributed by atoms with Gasteiger partial charge in [0.2, 0.25) is 0 Å². The molecule has 4 fully saturated rings. The first-order valence-electron chi connectivity index (χ1n) is 24.5. The molecule has 5 heterocycles. The summed E-state index contributed by atoms with van der Waals surface area (Å²) in [5, 5.41) is 38.3. The largest absolute Gasteiger partial charge is 1.00 e. The number of Topliss-reactive ketones (excluding diaryl/α,β-unsaturated/α-hetero) is 1. The maximum Gasteiger partial charge on any atom is 1.00 e. The first kappa shape index (κ1) is 54.0. The van der Waals surface area contributed by atoms with Crippen molar-refractivity contribution in [1.82, 2.24) is 5.32 Å². The summed E-state index contributed by atoms with van der Waals surface area (Å²) in [7, 11) is 0. The first-order valence-corrected chi connectivity index (χ1v) is 24.5. The van der Waals surface area contributed by atoms with Crippen molar-refractivity contribution in [3.63, 3.8) is 0 Å². The van der Waals surface area contributed by atoms with Crippen LogP contribution in [0.3, 0.4) is 0 Å². The number of ether oxygens (including phenoxy) is 6. The Morgan fingerprint density at radius 3 is 2.23 bits per heavy atom. The first-order chi connectivity index (χ1) is 30.2. The summed E-state index contributed by atoms with van der Waals surface area (Å²) in [5.74, 6) is -6.52. The number of aliphatic hydroxyl groups is 2. The van der Waals surface area contributed by atoms with Crippen molar-refractivity contribution in [2.75, 3.05) is 6.61 Å². The number of benzene rings is 1. The fourth-order valence-electron chi connectivity index (χ4n) is 11.8. The van der Waals surface area contributed by atoms with E-state index in [1.807, 2.05) is 66.7 Å². The van der Waals surface area contributed by atoms with Gasteiger partial charge in [-0.1, -0.05) is 73.6 Å². The third-order valence-electron chi connectivity index (χ3n) is 16.2. The minimum atomic E-state index is -1.39. The van der Waals surface area contributed by atoms with E-state index in [0.717, 1.165) is 6.42 Å². The van der Waals surface area contributed by atoms with Crippen molar-refractivity contribution in [2.45, 2.75) is 206 Å². The van der Waals surface area contributed by atoms with Crippen LogP contribution in [0.25, 0.3) is 0 Å². The van der Waals surface area contributed by atoms with Gasteiger partial charge in [0.05, 0.1) is 60.0 Å². The van der Waals surface area contributed by atoms with E-state index in [1.54, 1.807) is 25.1 Å². The molecular formula is C51H78NNaO12. The van der Waals surface area contributed by atoms with E-state index in [4.69, 9.17) is 28.4 Å². The maximum absolute atomic E-state index is 14.7. The molecule has 1 amide bonds. The van der Waals surface area contributed by atoms with Crippen LogP contribution in [0.2, 0.25) is 0 Å². The van der Waals surface area contributed by atoms with Gasteiger partial charge in [-0.2, -0.15) is 0 Å². The van der Waals surface area contributed by atoms with Crippen molar-refractivity contribution >= 4 is 17.7 Å². The second kappa shape index (κ2) is 21.8. The summed E-state index contributed by atoms with van der Waals surface area (Å²) in [5.41, 5.74) is -1.38. The second-order valence-corrected chi connectivity index (χ2v) is 20.3. The molecule has 0 aliphatic carbocycles. The van der Waals surface area contributed by atoms with Crippen LogP contribution in [0.15, 0.2) is 36.4 Å². The van der Waals surface area contributed by atoms with Gasteiger partial charge in [-0.3, -0.25) is 9.59 Å². The van der Waals surface area contributed by atoms with Gasteiger partial charge in [-0.05, 0) is 109 Å². The van der Waals surface area contributed by atoms with Crippen molar-refractivity contribution in [3.8, 4) is 5.75 Å². The van der Waals surface area contributed by atoms with Crippen molar-refractivity contribution in [3.05, 3.63) is 42.0 Å². The van der Waals surface area contributed by atoms with Gasteiger partial charge >= 0.3 is 29.6 Å². The van der Waals surface area contributed by atoms with Crippen LogP contribution in [0, 0.1) is 41.4 Å². The number of hydrogen-bond acceptors (Lipinski definition) is 12. The zero-order valence-corrected chi connectivity index (χ0v) is 43.3. The third-order valence-corrected chi connectivity index (χ3v) is 16.2. The molecule has 1 aromatic rings. The van der Waals surface area contributed by atoms with E-state index >= 15 is 0 Å². The monoisotopic (exact) mass is 920 g/mol. The van der Waals surface area contributed by atoms with Crippen molar-refractivity contribution in [1.29, 1.82) is 0 Å². The van der Waals surface area contributed by atoms with Crippen LogP contribution in [0.4, 0.5) is 0 Å². The smallest absolute Gasteiger partial charge is 0.550 e. The summed E-state index contributed by atoms with van der Waals surface area (Å²) < 4.78 is 40.5. The Kier molecular flexibility index (Phi) is 18.1. The molecule has 0 saturated carbocycles. The Bertz CT molecular complexity index is 1830. The van der Waals surface area contributed by atoms with E-state index in [1.165, 1.54) is 0 Å². The number of ketones is 1. The summed E-state index contributed by atoms with van der Waals surface area (Å²) in [6, 6.07) is 6.37. The molecule has 1 aromatic carbocycles. The normalized spacial score (nSPS) is 39.4. The van der Waals surface area contributed by atoms with Gasteiger partial charge in [-0.25, -0.2) is 0 Å². The SMILES string of the molecule is CCOc1ccccc1C(=O)N[C@H]1C=C[C@]2(O[C@H]([C@@H](CC)C(=O)[C@@H](C)[C@@H](O)[C@H](C)[C@@H]3O[C@@H]([C@@H](CC)C(=O)[O-])CC[C@@H]3C)[C@@H](C)C[C@H]2C)O[C@@]12CC[C@@](C)([C@H]1CC[C@](O)(CC)[C@H](C)O1)O2.[Na+]. The topological polar surface area (TPSA) is 182 Å². The number of hydrogen-bond donors (Lipinski definition) is 3. The average Bonchev–Trinajstić information content (AvgIpc) is 3.61. The number of carboxylic acids is 1. The minimum absolute atomic E-state index is 0. The van der Waals surface area contributed by atoms with Crippen molar-refractivity contribution in [2.24, 2.45) is 41.4 Å². The number of aliphatic carboxylic acids is 1. The molecule has 0 bridgehead atoms. The molecule has 0 radical (unpaired) electrons. The molecule has 0 aromatic heterocycles. The number of amides is 1. The van der Waals surface area contributed by atoms with Crippen molar-refractivity contribution < 1.29 is 87.7 Å². The van der Waals surface area contributed by atoms with E-state index < -0.39 is 89.0 Å². The molecule has 14 heteroatoms. The Hall–Kier alpha value is -1.91. The fraction of sp³-hybridized carbons (Fsp3) is 0.784. The molecule has 2 spiro atoms. The zero-order valence-electron chi connectivity index (χ0n) is 41.3. The fourth-order valence-corrected chi connectivity index (χ4v) is 11.8. The van der Waals surface area contributed by atoms with Crippen LogP contribution >= 0.6 is 0 Å². The average molecular weight is 920 g/mol. The Morgan fingerprint density at radius 1 is 0.908 bits per heavy atom. The molecular weight excluding hydrogens is 842 g/mol. The number of carbonyl (C=O) groups is 3. The number of aliphatic hydroxyl groups excluding tert-OH is 1. The molecule has 65 heavy (non-hydrogen) atoms. The second-order valence-electron chi connectivity index (χ2n) is 20.3. The molecule has 0 unspecified atom stereocenters. The van der Waals surface area contributed by atoms with Gasteiger partial charge < -0.3 is 53.9 Å². The third kappa shape index (κ3) is 10.8. The quantitative estimate of drug-likeness (QED) is 0.162.